The van der Waals surface area contributed by atoms with Gasteiger partial charge in [0.15, 0.2) is 0 Å². The van der Waals surface area contributed by atoms with Gasteiger partial charge in [0.25, 0.3) is 0 Å². The van der Waals surface area contributed by atoms with Gasteiger partial charge in [0.1, 0.15) is 11.9 Å². The fourth-order valence-corrected chi connectivity index (χ4v) is 2.10. The number of aryl methyl sites for hydroxylation is 2. The molecule has 1 aromatic heterocycles. The Labute approximate surface area is 96.5 Å². The summed E-state index contributed by atoms with van der Waals surface area (Å²) >= 11 is 0. The largest absolute Gasteiger partial charge is 0.367 e. The minimum atomic E-state index is 0.307. The Kier molecular flexibility index (Phi) is 3.09. The maximum atomic E-state index is 9.10. The Morgan fingerprint density at radius 1 is 1.38 bits per heavy atom. The first kappa shape index (κ1) is 10.9. The third kappa shape index (κ3) is 2.16. The van der Waals surface area contributed by atoms with E-state index in [2.05, 4.69) is 30.2 Å². The van der Waals surface area contributed by atoms with Gasteiger partial charge in [-0.05, 0) is 51.2 Å². The summed E-state index contributed by atoms with van der Waals surface area (Å²) < 4.78 is 0. The first-order chi connectivity index (χ1) is 7.70. The number of nitrogens with one attached hydrogen (secondary N) is 1. The van der Waals surface area contributed by atoms with Crippen molar-refractivity contribution in [1.82, 2.24) is 4.98 Å². The van der Waals surface area contributed by atoms with E-state index in [4.69, 9.17) is 5.26 Å². The summed E-state index contributed by atoms with van der Waals surface area (Å²) in [5, 5.41) is 12.3. The molecule has 0 radical (unpaired) electrons. The van der Waals surface area contributed by atoms with E-state index in [1.807, 2.05) is 6.07 Å². The predicted octanol–water partition coefficient (Wildman–Crippen LogP) is 2.65. The molecule has 1 aliphatic rings. The van der Waals surface area contributed by atoms with E-state index in [9.17, 15) is 0 Å². The molecule has 3 nitrogen and oxygen atoms in total. The summed E-state index contributed by atoms with van der Waals surface area (Å²) in [6.07, 6.45) is 4.55. The van der Waals surface area contributed by atoms with E-state index in [0.29, 0.717) is 11.6 Å². The zero-order valence-electron chi connectivity index (χ0n) is 9.88. The lowest BCUT2D eigenvalue weighted by Crippen LogP contribution is -2.15. The van der Waals surface area contributed by atoms with Crippen molar-refractivity contribution in [3.8, 4) is 6.07 Å². The Morgan fingerprint density at radius 2 is 2.12 bits per heavy atom. The molecule has 3 heteroatoms. The fourth-order valence-electron chi connectivity index (χ4n) is 2.10. The number of fused-ring (bicyclic) bond motifs is 1. The monoisotopic (exact) mass is 215 g/mol. The Balaban J connectivity index is 2.40. The molecule has 1 N–H and O–H groups in total. The minimum absolute atomic E-state index is 0.307. The van der Waals surface area contributed by atoms with Crippen molar-refractivity contribution >= 4 is 5.82 Å². The number of hydrogen-bond donors (Lipinski definition) is 1. The van der Waals surface area contributed by atoms with Crippen molar-refractivity contribution in [2.75, 3.05) is 5.32 Å². The molecule has 0 aliphatic heterocycles. The average Bonchev–Trinajstić information content (AvgIpc) is 2.27. The smallest absolute Gasteiger partial charge is 0.144 e. The van der Waals surface area contributed by atoms with Gasteiger partial charge in [-0.1, -0.05) is 0 Å². The number of aromatic nitrogens is 1. The Bertz CT molecular complexity index is 430. The molecular formula is C13H17N3. The van der Waals surface area contributed by atoms with Crippen LogP contribution in [0.5, 0.6) is 0 Å². The van der Waals surface area contributed by atoms with Crippen LogP contribution < -0.4 is 5.32 Å². The normalized spacial score (nSPS) is 14.4. The number of pyridine rings is 1. The molecule has 84 valence electrons. The first-order valence-corrected chi connectivity index (χ1v) is 5.90. The highest BCUT2D eigenvalue weighted by atomic mass is 15.0. The first-order valence-electron chi connectivity index (χ1n) is 5.90. The van der Waals surface area contributed by atoms with Crippen LogP contribution in [0.2, 0.25) is 0 Å². The molecule has 1 aliphatic carbocycles. The topological polar surface area (TPSA) is 48.7 Å². The number of anilines is 1. The van der Waals surface area contributed by atoms with Crippen molar-refractivity contribution < 1.29 is 0 Å². The molecule has 0 spiro atoms. The molecule has 2 rings (SSSR count). The van der Waals surface area contributed by atoms with Gasteiger partial charge >= 0.3 is 0 Å². The zero-order valence-corrected chi connectivity index (χ0v) is 9.88. The van der Waals surface area contributed by atoms with Gasteiger partial charge in [0.2, 0.25) is 0 Å². The van der Waals surface area contributed by atoms with Gasteiger partial charge in [0.05, 0.1) is 5.56 Å². The van der Waals surface area contributed by atoms with Crippen LogP contribution in [0.1, 0.15) is 43.5 Å². The SMILES string of the molecule is CC(C)Nc1nc2c(cc1C#N)CCCC2. The highest BCUT2D eigenvalue weighted by Gasteiger charge is 2.15. The van der Waals surface area contributed by atoms with Crippen LogP contribution >= 0.6 is 0 Å². The van der Waals surface area contributed by atoms with Crippen LogP contribution in [0, 0.1) is 11.3 Å². The quantitative estimate of drug-likeness (QED) is 0.825. The summed E-state index contributed by atoms with van der Waals surface area (Å²) in [5.41, 5.74) is 3.11. The molecule has 16 heavy (non-hydrogen) atoms. The third-order valence-corrected chi connectivity index (χ3v) is 2.85. The van der Waals surface area contributed by atoms with Crippen molar-refractivity contribution in [1.29, 1.82) is 5.26 Å². The van der Waals surface area contributed by atoms with E-state index in [-0.39, 0.29) is 0 Å². The molecule has 0 atom stereocenters. The average molecular weight is 215 g/mol. The van der Waals surface area contributed by atoms with Crippen LogP contribution in [0.4, 0.5) is 5.82 Å². The molecule has 0 amide bonds. The molecule has 1 heterocycles. The second kappa shape index (κ2) is 4.52. The maximum Gasteiger partial charge on any atom is 0.144 e. The summed E-state index contributed by atoms with van der Waals surface area (Å²) in [7, 11) is 0. The van der Waals surface area contributed by atoms with Crippen LogP contribution in [0.15, 0.2) is 6.07 Å². The lowest BCUT2D eigenvalue weighted by atomic mass is 9.95. The number of nitriles is 1. The van der Waals surface area contributed by atoms with E-state index < -0.39 is 0 Å². The lowest BCUT2D eigenvalue weighted by Gasteiger charge is -2.18. The molecule has 0 saturated carbocycles. The van der Waals surface area contributed by atoms with E-state index >= 15 is 0 Å². The molecule has 0 fully saturated rings. The Morgan fingerprint density at radius 3 is 2.81 bits per heavy atom. The highest BCUT2D eigenvalue weighted by molar-refractivity contribution is 5.55. The molecule has 0 bridgehead atoms. The predicted molar refractivity (Wildman–Crippen MR) is 64.4 cm³/mol. The molecule has 0 saturated heterocycles. The van der Waals surface area contributed by atoms with Gasteiger partial charge < -0.3 is 5.32 Å². The third-order valence-electron chi connectivity index (χ3n) is 2.85. The highest BCUT2D eigenvalue weighted by Crippen LogP contribution is 2.24. The van der Waals surface area contributed by atoms with Crippen molar-refractivity contribution in [2.45, 2.75) is 45.6 Å². The summed E-state index contributed by atoms with van der Waals surface area (Å²) in [6, 6.07) is 4.54. The van der Waals surface area contributed by atoms with Gasteiger partial charge in [0, 0.05) is 11.7 Å². The number of nitrogens with zero attached hydrogens (tertiary/aromatic N) is 2. The van der Waals surface area contributed by atoms with Crippen molar-refractivity contribution in [3.05, 3.63) is 22.9 Å². The van der Waals surface area contributed by atoms with Crippen molar-refractivity contribution in [3.63, 3.8) is 0 Å². The second-order valence-corrected chi connectivity index (χ2v) is 4.61. The zero-order chi connectivity index (χ0) is 11.5. The second-order valence-electron chi connectivity index (χ2n) is 4.61. The summed E-state index contributed by atoms with van der Waals surface area (Å²) in [5.74, 6) is 0.748. The van der Waals surface area contributed by atoms with Gasteiger partial charge in [-0.15, -0.1) is 0 Å². The maximum absolute atomic E-state index is 9.10. The molecule has 1 aromatic rings. The molecule has 0 unspecified atom stereocenters. The fraction of sp³-hybridized carbons (Fsp3) is 0.538. The minimum Gasteiger partial charge on any atom is -0.367 e. The van der Waals surface area contributed by atoms with Gasteiger partial charge in [-0.2, -0.15) is 5.26 Å². The van der Waals surface area contributed by atoms with Crippen LogP contribution in [-0.4, -0.2) is 11.0 Å². The lowest BCUT2D eigenvalue weighted by molar-refractivity contribution is 0.667. The van der Waals surface area contributed by atoms with Crippen LogP contribution in [0.25, 0.3) is 0 Å². The van der Waals surface area contributed by atoms with E-state index in [1.54, 1.807) is 0 Å². The van der Waals surface area contributed by atoms with E-state index in [0.717, 1.165) is 18.7 Å². The number of hydrogen-bond acceptors (Lipinski definition) is 3. The van der Waals surface area contributed by atoms with Crippen LogP contribution in [0.3, 0.4) is 0 Å². The summed E-state index contributed by atoms with van der Waals surface area (Å²) in [6.45, 7) is 4.12. The van der Waals surface area contributed by atoms with Gasteiger partial charge in [-0.25, -0.2) is 4.98 Å². The summed E-state index contributed by atoms with van der Waals surface area (Å²) in [4.78, 5) is 4.59. The van der Waals surface area contributed by atoms with Gasteiger partial charge in [-0.3, -0.25) is 0 Å². The van der Waals surface area contributed by atoms with Crippen molar-refractivity contribution in [2.24, 2.45) is 0 Å². The Hall–Kier alpha value is -1.56. The molecule has 0 aromatic carbocycles. The standard InChI is InChI=1S/C13H17N3/c1-9(2)15-13-11(8-14)7-10-5-3-4-6-12(10)16-13/h7,9H,3-6H2,1-2H3,(H,15,16). The van der Waals surface area contributed by atoms with E-state index in [1.165, 1.54) is 24.1 Å². The number of rotatable bonds is 2. The van der Waals surface area contributed by atoms with Crippen LogP contribution in [-0.2, 0) is 12.8 Å². The molecular weight excluding hydrogens is 198 g/mol.